The lowest BCUT2D eigenvalue weighted by molar-refractivity contribution is 0.0701. The fourth-order valence-electron chi connectivity index (χ4n) is 2.15. The largest absolute Gasteiger partial charge is 0.477 e. The van der Waals surface area contributed by atoms with E-state index in [2.05, 4.69) is 0 Å². The van der Waals surface area contributed by atoms with E-state index in [1.807, 2.05) is 26.0 Å². The topological polar surface area (TPSA) is 54.4 Å². The zero-order valence-electron chi connectivity index (χ0n) is 11.2. The van der Waals surface area contributed by atoms with Crippen LogP contribution in [0.3, 0.4) is 0 Å². The molecule has 1 aromatic heterocycles. The smallest absolute Gasteiger partial charge is 0.346 e. The van der Waals surface area contributed by atoms with Crippen LogP contribution in [-0.2, 0) is 0 Å². The van der Waals surface area contributed by atoms with Crippen LogP contribution in [0.25, 0.3) is 10.1 Å². The molecule has 0 atom stereocenters. The number of carbonyl (C=O) groups excluding carboxylic acids is 1. The quantitative estimate of drug-likeness (QED) is 0.854. The van der Waals surface area contributed by atoms with Gasteiger partial charge in [-0.1, -0.05) is 26.0 Å². The third-order valence-electron chi connectivity index (χ3n) is 3.05. The Bertz CT molecular complexity index is 653. The van der Waals surface area contributed by atoms with Crippen molar-refractivity contribution in [1.29, 1.82) is 0 Å². The van der Waals surface area contributed by atoms with Gasteiger partial charge in [-0.25, -0.2) is 4.79 Å². The van der Waals surface area contributed by atoms with E-state index in [1.54, 1.807) is 13.0 Å². The van der Waals surface area contributed by atoms with Crippen LogP contribution in [0.15, 0.2) is 18.2 Å². The number of rotatable bonds is 4. The highest BCUT2D eigenvalue weighted by molar-refractivity contribution is 7.21. The van der Waals surface area contributed by atoms with Gasteiger partial charge >= 0.3 is 5.97 Å². The number of carboxylic acids is 1. The summed E-state index contributed by atoms with van der Waals surface area (Å²) in [5.41, 5.74) is 1.39. The summed E-state index contributed by atoms with van der Waals surface area (Å²) in [5.74, 6) is -0.553. The predicted octanol–water partition coefficient (Wildman–Crippen LogP) is 4.14. The monoisotopic (exact) mass is 276 g/mol. The fourth-order valence-corrected chi connectivity index (χ4v) is 3.32. The van der Waals surface area contributed by atoms with Crippen molar-refractivity contribution in [2.45, 2.75) is 27.2 Å². The third kappa shape index (κ3) is 2.54. The molecule has 0 fully saturated rings. The first-order chi connectivity index (χ1) is 8.91. The Kier molecular flexibility index (Phi) is 3.71. The van der Waals surface area contributed by atoms with Gasteiger partial charge in [0.2, 0.25) is 0 Å². The van der Waals surface area contributed by atoms with Crippen molar-refractivity contribution >= 4 is 33.2 Å². The highest BCUT2D eigenvalue weighted by Gasteiger charge is 2.19. The Morgan fingerprint density at radius 1 is 1.32 bits per heavy atom. The van der Waals surface area contributed by atoms with E-state index < -0.39 is 5.97 Å². The highest BCUT2D eigenvalue weighted by Crippen LogP contribution is 2.34. The van der Waals surface area contributed by atoms with Gasteiger partial charge in [0.15, 0.2) is 5.78 Å². The first-order valence-electron chi connectivity index (χ1n) is 6.20. The average Bonchev–Trinajstić information content (AvgIpc) is 2.66. The van der Waals surface area contributed by atoms with Crippen molar-refractivity contribution in [1.82, 2.24) is 0 Å². The molecule has 4 heteroatoms. The van der Waals surface area contributed by atoms with Gasteiger partial charge in [0, 0.05) is 16.7 Å². The molecule has 0 amide bonds. The summed E-state index contributed by atoms with van der Waals surface area (Å²) in [4.78, 5) is 23.7. The van der Waals surface area contributed by atoms with Crippen molar-refractivity contribution in [2.24, 2.45) is 5.92 Å². The summed E-state index contributed by atoms with van der Waals surface area (Å²) in [6.07, 6.45) is 0.485. The maximum atomic E-state index is 12.2. The summed E-state index contributed by atoms with van der Waals surface area (Å²) in [6, 6.07) is 5.48. The van der Waals surface area contributed by atoms with Gasteiger partial charge in [-0.3, -0.25) is 4.79 Å². The molecule has 0 saturated carbocycles. The van der Waals surface area contributed by atoms with Gasteiger partial charge < -0.3 is 5.11 Å². The first kappa shape index (κ1) is 13.7. The summed E-state index contributed by atoms with van der Waals surface area (Å²) in [5, 5.41) is 10.0. The lowest BCUT2D eigenvalue weighted by atomic mass is 9.99. The van der Waals surface area contributed by atoms with Gasteiger partial charge in [0.25, 0.3) is 0 Å². The minimum absolute atomic E-state index is 0.0822. The molecule has 2 aromatic rings. The SMILES string of the molecule is Cc1c(C(=O)O)sc2c(C(=O)CC(C)C)cccc12. The number of aromatic carboxylic acids is 1. The second-order valence-electron chi connectivity index (χ2n) is 5.06. The Labute approximate surface area is 115 Å². The lowest BCUT2D eigenvalue weighted by Crippen LogP contribution is -2.03. The number of aryl methyl sites for hydroxylation is 1. The van der Waals surface area contributed by atoms with Gasteiger partial charge in [-0.15, -0.1) is 11.3 Å². The summed E-state index contributed by atoms with van der Waals surface area (Å²) < 4.78 is 0.794. The minimum Gasteiger partial charge on any atom is -0.477 e. The van der Waals surface area contributed by atoms with Crippen LogP contribution in [0.4, 0.5) is 0 Å². The molecule has 1 N–H and O–H groups in total. The van der Waals surface area contributed by atoms with E-state index in [4.69, 9.17) is 5.11 Å². The molecule has 3 nitrogen and oxygen atoms in total. The second-order valence-corrected chi connectivity index (χ2v) is 6.09. The Balaban J connectivity index is 2.60. The number of benzene rings is 1. The number of hydrogen-bond donors (Lipinski definition) is 1. The van der Waals surface area contributed by atoms with Crippen LogP contribution >= 0.6 is 11.3 Å². The highest BCUT2D eigenvalue weighted by atomic mass is 32.1. The van der Waals surface area contributed by atoms with Crippen LogP contribution in [0.5, 0.6) is 0 Å². The molecule has 19 heavy (non-hydrogen) atoms. The average molecular weight is 276 g/mol. The molecule has 0 unspecified atom stereocenters. The number of thiophene rings is 1. The standard InChI is InChI=1S/C15H16O3S/c1-8(2)7-12(16)11-6-4-5-10-9(3)13(15(17)18)19-14(10)11/h4-6,8H,7H2,1-3H3,(H,17,18). The number of ketones is 1. The molecule has 0 aliphatic carbocycles. The zero-order chi connectivity index (χ0) is 14.2. The van der Waals surface area contributed by atoms with Crippen LogP contribution in [0.2, 0.25) is 0 Å². The van der Waals surface area contributed by atoms with E-state index in [0.29, 0.717) is 22.8 Å². The number of hydrogen-bond acceptors (Lipinski definition) is 3. The van der Waals surface area contributed by atoms with Crippen LogP contribution < -0.4 is 0 Å². The van der Waals surface area contributed by atoms with Gasteiger partial charge in [-0.2, -0.15) is 0 Å². The van der Waals surface area contributed by atoms with Crippen molar-refractivity contribution < 1.29 is 14.7 Å². The predicted molar refractivity (Wildman–Crippen MR) is 77.3 cm³/mol. The number of fused-ring (bicyclic) bond motifs is 1. The van der Waals surface area contributed by atoms with Gasteiger partial charge in [-0.05, 0) is 29.9 Å². The molecule has 2 rings (SSSR count). The van der Waals surface area contributed by atoms with Crippen LogP contribution in [0, 0.1) is 12.8 Å². The maximum Gasteiger partial charge on any atom is 0.346 e. The van der Waals surface area contributed by atoms with Crippen molar-refractivity contribution in [3.8, 4) is 0 Å². The van der Waals surface area contributed by atoms with Gasteiger partial charge in [0.05, 0.1) is 0 Å². The molecular formula is C15H16O3S. The molecule has 0 bridgehead atoms. The molecular weight excluding hydrogens is 260 g/mol. The lowest BCUT2D eigenvalue weighted by Gasteiger charge is -2.05. The Hall–Kier alpha value is -1.68. The second kappa shape index (κ2) is 5.13. The first-order valence-corrected chi connectivity index (χ1v) is 7.02. The fraction of sp³-hybridized carbons (Fsp3) is 0.333. The number of Topliss-reactive ketones (excluding diaryl/α,β-unsaturated/α-hetero) is 1. The van der Waals surface area contributed by atoms with Gasteiger partial charge in [0.1, 0.15) is 4.88 Å². The zero-order valence-corrected chi connectivity index (χ0v) is 12.0. The van der Waals surface area contributed by atoms with E-state index in [1.165, 1.54) is 11.3 Å². The van der Waals surface area contributed by atoms with E-state index in [9.17, 15) is 9.59 Å². The maximum absolute atomic E-state index is 12.2. The minimum atomic E-state index is -0.930. The van der Waals surface area contributed by atoms with Crippen molar-refractivity contribution in [3.05, 3.63) is 34.2 Å². The van der Waals surface area contributed by atoms with Crippen molar-refractivity contribution in [2.75, 3.05) is 0 Å². The van der Waals surface area contributed by atoms with E-state index in [-0.39, 0.29) is 5.78 Å². The molecule has 100 valence electrons. The number of carbonyl (C=O) groups is 2. The van der Waals surface area contributed by atoms with Crippen molar-refractivity contribution in [3.63, 3.8) is 0 Å². The molecule has 0 aliphatic rings. The third-order valence-corrected chi connectivity index (χ3v) is 4.38. The van der Waals surface area contributed by atoms with E-state index >= 15 is 0 Å². The van der Waals surface area contributed by atoms with Crippen LogP contribution in [-0.4, -0.2) is 16.9 Å². The molecule has 0 radical (unpaired) electrons. The van der Waals surface area contributed by atoms with Crippen LogP contribution in [0.1, 0.15) is 45.9 Å². The Morgan fingerprint density at radius 2 is 2.00 bits per heavy atom. The summed E-state index contributed by atoms with van der Waals surface area (Å²) in [6.45, 7) is 5.79. The number of carboxylic acid groups (broad SMARTS) is 1. The molecule has 0 saturated heterocycles. The normalized spacial score (nSPS) is 11.2. The molecule has 1 aromatic carbocycles. The summed E-state index contributed by atoms with van der Waals surface area (Å²) in [7, 11) is 0. The molecule has 0 spiro atoms. The summed E-state index contributed by atoms with van der Waals surface area (Å²) >= 11 is 1.19. The Morgan fingerprint density at radius 3 is 2.58 bits per heavy atom. The molecule has 0 aliphatic heterocycles. The van der Waals surface area contributed by atoms with E-state index in [0.717, 1.165) is 15.6 Å². The molecule has 1 heterocycles.